The third kappa shape index (κ3) is 5.42. The minimum absolute atomic E-state index is 0.152. The van der Waals surface area contributed by atoms with Gasteiger partial charge in [-0.25, -0.2) is 0 Å². The van der Waals surface area contributed by atoms with Crippen molar-refractivity contribution in [3.8, 4) is 11.8 Å². The summed E-state index contributed by atoms with van der Waals surface area (Å²) in [7, 11) is 0. The fourth-order valence-corrected chi connectivity index (χ4v) is 5.30. The second kappa shape index (κ2) is 10.8. The van der Waals surface area contributed by atoms with Crippen molar-refractivity contribution in [2.24, 2.45) is 0 Å². The first-order chi connectivity index (χ1) is 17.2. The van der Waals surface area contributed by atoms with Gasteiger partial charge in [0.2, 0.25) is 0 Å². The van der Waals surface area contributed by atoms with Gasteiger partial charge >= 0.3 is 0 Å². The fourth-order valence-electron chi connectivity index (χ4n) is 5.30. The predicted molar refractivity (Wildman–Crippen MR) is 145 cm³/mol. The molecule has 2 heteroatoms. The molecule has 2 aliphatic heterocycles. The van der Waals surface area contributed by atoms with Gasteiger partial charge in [-0.2, -0.15) is 0 Å². The van der Waals surface area contributed by atoms with E-state index in [1.54, 1.807) is 0 Å². The molecule has 2 heterocycles. The summed E-state index contributed by atoms with van der Waals surface area (Å²) in [6.07, 6.45) is 8.42. The Hall–Kier alpha value is -3.54. The van der Waals surface area contributed by atoms with Crippen molar-refractivity contribution in [1.82, 2.24) is 10.2 Å². The maximum atomic E-state index is 3.94. The number of hydrogen-bond donors (Lipinski definition) is 1. The molecule has 0 aromatic heterocycles. The SMILES string of the molecule is CC1=C\N2C(CC#CC/C=C\1Cc1ccccc1C)NC(c1ccccc1)CC2c1ccccc1. The fraction of sp³-hybridized carbons (Fsp3) is 0.273. The smallest absolute Gasteiger partial charge is 0.0912 e. The molecule has 1 N–H and O–H groups in total. The molecule has 3 aromatic carbocycles. The van der Waals surface area contributed by atoms with E-state index in [2.05, 4.69) is 133 Å². The lowest BCUT2D eigenvalue weighted by Crippen LogP contribution is -2.51. The Kier molecular flexibility index (Phi) is 7.17. The first-order valence-electron chi connectivity index (χ1n) is 12.7. The normalized spacial score (nSPS) is 25.2. The van der Waals surface area contributed by atoms with Gasteiger partial charge in [0.05, 0.1) is 12.2 Å². The van der Waals surface area contributed by atoms with Gasteiger partial charge in [0, 0.05) is 25.1 Å². The zero-order valence-electron chi connectivity index (χ0n) is 20.7. The lowest BCUT2D eigenvalue weighted by atomic mass is 9.89. The van der Waals surface area contributed by atoms with Crippen LogP contribution in [0.2, 0.25) is 0 Å². The number of nitrogens with zero attached hydrogens (tertiary/aromatic N) is 1. The van der Waals surface area contributed by atoms with Gasteiger partial charge in [-0.3, -0.25) is 5.32 Å². The van der Waals surface area contributed by atoms with Gasteiger partial charge in [0.1, 0.15) is 0 Å². The molecule has 35 heavy (non-hydrogen) atoms. The van der Waals surface area contributed by atoms with Gasteiger partial charge < -0.3 is 4.90 Å². The van der Waals surface area contributed by atoms with Crippen LogP contribution >= 0.6 is 0 Å². The van der Waals surface area contributed by atoms with Crippen LogP contribution in [0.4, 0.5) is 0 Å². The van der Waals surface area contributed by atoms with Crippen molar-refractivity contribution >= 4 is 0 Å². The number of aryl methyl sites for hydroxylation is 1. The summed E-state index contributed by atoms with van der Waals surface area (Å²) >= 11 is 0. The number of nitrogens with one attached hydrogen (secondary N) is 1. The Bertz CT molecular complexity index is 1260. The number of allylic oxidation sites excluding steroid dienone is 3. The van der Waals surface area contributed by atoms with E-state index >= 15 is 0 Å². The van der Waals surface area contributed by atoms with Crippen molar-refractivity contribution in [3.05, 3.63) is 131 Å². The first-order valence-corrected chi connectivity index (χ1v) is 12.7. The van der Waals surface area contributed by atoms with Crippen molar-refractivity contribution in [2.75, 3.05) is 0 Å². The average Bonchev–Trinajstić information content (AvgIpc) is 2.90. The van der Waals surface area contributed by atoms with Crippen LogP contribution in [0.1, 0.15) is 60.5 Å². The van der Waals surface area contributed by atoms with Crippen molar-refractivity contribution < 1.29 is 0 Å². The monoisotopic (exact) mass is 458 g/mol. The summed E-state index contributed by atoms with van der Waals surface area (Å²) in [6, 6.07) is 31.1. The summed E-state index contributed by atoms with van der Waals surface area (Å²) in [6.45, 7) is 4.47. The highest BCUT2D eigenvalue weighted by molar-refractivity contribution is 5.39. The van der Waals surface area contributed by atoms with Gasteiger partial charge in [-0.05, 0) is 60.1 Å². The van der Waals surface area contributed by atoms with E-state index < -0.39 is 0 Å². The second-order valence-corrected chi connectivity index (χ2v) is 9.66. The standard InChI is InChI=1S/C33H34N2/c1-25-14-12-13-20-29(25)22-30-19-10-5-11-21-33-34-31(27-15-6-3-7-16-27)23-32(35(33)24-26(30)2)28-17-8-4-9-18-28/h3-4,6-9,12-20,24,31-34H,10,21-23H2,1-2H3/b26-24+,30-19-. The summed E-state index contributed by atoms with van der Waals surface area (Å²) in [4.78, 5) is 2.54. The maximum Gasteiger partial charge on any atom is 0.0912 e. The van der Waals surface area contributed by atoms with Crippen molar-refractivity contribution in [1.29, 1.82) is 0 Å². The molecule has 3 unspecified atom stereocenters. The van der Waals surface area contributed by atoms with E-state index in [1.165, 1.54) is 33.4 Å². The zero-order valence-corrected chi connectivity index (χ0v) is 20.7. The van der Waals surface area contributed by atoms with E-state index in [-0.39, 0.29) is 12.2 Å². The lowest BCUT2D eigenvalue weighted by molar-refractivity contribution is 0.0947. The van der Waals surface area contributed by atoms with Crippen LogP contribution < -0.4 is 5.32 Å². The molecular weight excluding hydrogens is 424 g/mol. The molecule has 0 bridgehead atoms. The van der Waals surface area contributed by atoms with Crippen molar-refractivity contribution in [2.45, 2.75) is 57.8 Å². The molecule has 1 fully saturated rings. The Morgan fingerprint density at radius 3 is 2.26 bits per heavy atom. The molecule has 1 saturated heterocycles. The summed E-state index contributed by atoms with van der Waals surface area (Å²) < 4.78 is 0. The quantitative estimate of drug-likeness (QED) is 0.414. The Labute approximate surface area is 210 Å². The predicted octanol–water partition coefficient (Wildman–Crippen LogP) is 7.27. The highest BCUT2D eigenvalue weighted by atomic mass is 15.3. The molecule has 0 amide bonds. The minimum Gasteiger partial charge on any atom is -0.354 e. The molecule has 176 valence electrons. The third-order valence-electron chi connectivity index (χ3n) is 7.32. The van der Waals surface area contributed by atoms with Gasteiger partial charge in [-0.1, -0.05) is 103 Å². The highest BCUT2D eigenvalue weighted by Gasteiger charge is 2.35. The van der Waals surface area contributed by atoms with Crippen LogP contribution in [0.5, 0.6) is 0 Å². The van der Waals surface area contributed by atoms with E-state index in [1.807, 2.05) is 0 Å². The Morgan fingerprint density at radius 2 is 1.51 bits per heavy atom. The van der Waals surface area contributed by atoms with Crippen LogP contribution in [-0.4, -0.2) is 11.1 Å². The zero-order chi connectivity index (χ0) is 24.0. The van der Waals surface area contributed by atoms with Crippen molar-refractivity contribution in [3.63, 3.8) is 0 Å². The van der Waals surface area contributed by atoms with Crippen LogP contribution in [0.3, 0.4) is 0 Å². The highest BCUT2D eigenvalue weighted by Crippen LogP contribution is 2.39. The average molecular weight is 459 g/mol. The molecule has 0 saturated carbocycles. The molecule has 0 spiro atoms. The molecule has 3 aromatic rings. The summed E-state index contributed by atoms with van der Waals surface area (Å²) in [5, 5.41) is 3.94. The first kappa shape index (κ1) is 23.2. The molecule has 5 rings (SSSR count). The third-order valence-corrected chi connectivity index (χ3v) is 7.32. The van der Waals surface area contributed by atoms with E-state index in [0.717, 1.165) is 25.7 Å². The number of benzene rings is 3. The summed E-state index contributed by atoms with van der Waals surface area (Å²) in [5.41, 5.74) is 8.12. The number of rotatable bonds is 4. The number of fused-ring (bicyclic) bond motifs is 1. The molecule has 0 radical (unpaired) electrons. The van der Waals surface area contributed by atoms with Gasteiger partial charge in [-0.15, -0.1) is 0 Å². The van der Waals surface area contributed by atoms with Crippen LogP contribution in [-0.2, 0) is 6.42 Å². The van der Waals surface area contributed by atoms with Gasteiger partial charge in [0.25, 0.3) is 0 Å². The lowest BCUT2D eigenvalue weighted by Gasteiger charge is -2.46. The van der Waals surface area contributed by atoms with Gasteiger partial charge in [0.15, 0.2) is 0 Å². The molecule has 0 aliphatic carbocycles. The Morgan fingerprint density at radius 1 is 0.829 bits per heavy atom. The van der Waals surface area contributed by atoms with Crippen LogP contribution in [0.25, 0.3) is 0 Å². The molecular formula is C33H34N2. The van der Waals surface area contributed by atoms with E-state index in [9.17, 15) is 0 Å². The topological polar surface area (TPSA) is 15.3 Å². The van der Waals surface area contributed by atoms with E-state index in [0.29, 0.717) is 6.04 Å². The van der Waals surface area contributed by atoms with Crippen LogP contribution in [0, 0.1) is 18.8 Å². The van der Waals surface area contributed by atoms with Crippen LogP contribution in [0.15, 0.2) is 108 Å². The maximum absolute atomic E-state index is 3.94. The van der Waals surface area contributed by atoms with E-state index in [4.69, 9.17) is 0 Å². The largest absolute Gasteiger partial charge is 0.354 e. The summed E-state index contributed by atoms with van der Waals surface area (Å²) in [5.74, 6) is 6.91. The second-order valence-electron chi connectivity index (χ2n) is 9.66. The molecule has 3 atom stereocenters. The number of hydrogen-bond acceptors (Lipinski definition) is 2. The molecule has 2 aliphatic rings. The molecule has 2 nitrogen and oxygen atoms in total. The minimum atomic E-state index is 0.152. The Balaban J connectivity index is 1.53.